The SMILES string of the molecule is Cc1cn(C[C@@H]2CCCN(C(=O)[C@H]3CN([C@H]4c5ccc(Cl)cc5CCc5cc(F)cnc54)CCN3)C2)cn1.Cc1cn(C[C@@H]2CCCN(C(=O)[C@H]3CN([C@H]4c5ccc(Cl)cc5CCc5cc(F)cnc54)CCN3C(=O)OC(C)(C)C)C2)cn1. The largest absolute Gasteiger partial charge is 0.444 e. The number of nitrogens with zero attached hydrogens (tertiary/aromatic N) is 11. The van der Waals surface area contributed by atoms with Gasteiger partial charge in [-0.25, -0.2) is 23.5 Å². The van der Waals surface area contributed by atoms with Gasteiger partial charge in [0.2, 0.25) is 11.8 Å². The zero-order valence-electron chi connectivity index (χ0n) is 48.3. The number of amides is 3. The number of piperidine rings is 2. The molecule has 2 aromatic carbocycles. The molecule has 8 heterocycles. The van der Waals surface area contributed by atoms with Crippen molar-refractivity contribution in [3.8, 4) is 0 Å². The molecule has 3 amide bonds. The van der Waals surface area contributed by atoms with E-state index in [1.807, 2.05) is 93.6 Å². The van der Waals surface area contributed by atoms with Gasteiger partial charge >= 0.3 is 6.09 Å². The lowest BCUT2D eigenvalue weighted by atomic mass is 9.94. The molecule has 4 saturated heterocycles. The van der Waals surface area contributed by atoms with Gasteiger partial charge in [-0.15, -0.1) is 0 Å². The predicted molar refractivity (Wildman–Crippen MR) is 314 cm³/mol. The summed E-state index contributed by atoms with van der Waals surface area (Å²) < 4.78 is 38.6. The lowest BCUT2D eigenvalue weighted by molar-refractivity contribution is -0.141. The van der Waals surface area contributed by atoms with E-state index in [4.69, 9.17) is 27.9 Å². The minimum Gasteiger partial charge on any atom is -0.444 e. The van der Waals surface area contributed by atoms with Crippen LogP contribution in [-0.2, 0) is 53.1 Å². The molecular weight excluding hydrogens is 1100 g/mol. The maximum Gasteiger partial charge on any atom is 0.411 e. The van der Waals surface area contributed by atoms with Crippen LogP contribution in [0.1, 0.15) is 115 Å². The Morgan fingerprint density at radius 2 is 1.13 bits per heavy atom. The lowest BCUT2D eigenvalue weighted by Crippen LogP contribution is -2.63. The number of nitrogens with one attached hydrogen (secondary N) is 1. The van der Waals surface area contributed by atoms with Crippen molar-refractivity contribution >= 4 is 41.1 Å². The molecule has 4 fully saturated rings. The molecule has 0 unspecified atom stereocenters. The van der Waals surface area contributed by atoms with Crippen molar-refractivity contribution in [1.29, 1.82) is 0 Å². The van der Waals surface area contributed by atoms with Crippen molar-refractivity contribution in [2.24, 2.45) is 11.8 Å². The third kappa shape index (κ3) is 13.6. The van der Waals surface area contributed by atoms with E-state index in [0.717, 1.165) is 121 Å². The van der Waals surface area contributed by atoms with Crippen LogP contribution in [0.4, 0.5) is 13.6 Å². The average Bonchev–Trinajstić information content (AvgIpc) is 3.95. The van der Waals surface area contributed by atoms with E-state index < -0.39 is 17.7 Å². The monoisotopic (exact) mass is 1170 g/mol. The van der Waals surface area contributed by atoms with Gasteiger partial charge in [-0.1, -0.05) is 35.3 Å². The maximum atomic E-state index is 14.5. The molecule has 6 aromatic rings. The van der Waals surface area contributed by atoms with E-state index in [9.17, 15) is 23.2 Å². The molecule has 6 aliphatic rings. The fourth-order valence-electron chi connectivity index (χ4n) is 13.5. The van der Waals surface area contributed by atoms with E-state index in [0.29, 0.717) is 81.0 Å². The smallest absolute Gasteiger partial charge is 0.411 e. The molecule has 0 saturated carbocycles. The number of benzene rings is 2. The van der Waals surface area contributed by atoms with Gasteiger partial charge in [0, 0.05) is 101 Å². The van der Waals surface area contributed by atoms with Crippen LogP contribution in [0.2, 0.25) is 10.0 Å². The van der Waals surface area contributed by atoms with Crippen molar-refractivity contribution in [2.45, 2.75) is 129 Å². The first kappa shape index (κ1) is 58.5. The van der Waals surface area contributed by atoms with Crippen LogP contribution in [-0.4, -0.2) is 155 Å². The summed E-state index contributed by atoms with van der Waals surface area (Å²) in [5.41, 5.74) is 9.15. The number of pyridine rings is 2. The standard InChI is InChI=1S/C34H42ClFN6O3.C29H34ClFN6O/c1-22-17-39(21-38-22)18-23-6-5-11-41(19-23)32(43)29-20-40(12-13-42(29)33(44)45-34(2,3)4)31-28-10-9-26(35)14-24(28)7-8-25-15-27(36)16-37-30(25)31;1-19-14-35(18-34-19)15-20-3-2-9-37(16-20)29(38)26-17-36(10-8-32-26)28-25-7-6-23(30)11-21(25)4-5-22-12-24(31)13-33-27(22)28/h9-10,14-17,21,23,29,31H,5-8,11-13,18-20H2,1-4H3;6-7,11-14,18,20,26,28,32H,2-5,8-10,15-17H2,1H3/t23-,29+,31-;20-,26+,28-/m00/s1. The number of carbonyl (C=O) groups is 3. The van der Waals surface area contributed by atoms with Crippen LogP contribution < -0.4 is 5.32 Å². The molecule has 4 aromatic heterocycles. The summed E-state index contributed by atoms with van der Waals surface area (Å²) in [5, 5.41) is 4.83. The molecule has 1 N–H and O–H groups in total. The van der Waals surface area contributed by atoms with Crippen LogP contribution in [0, 0.1) is 37.3 Å². The Bertz CT molecular complexity index is 3220. The Kier molecular flexibility index (Phi) is 17.7. The highest BCUT2D eigenvalue weighted by Crippen LogP contribution is 2.40. The third-order valence-electron chi connectivity index (χ3n) is 17.3. The van der Waals surface area contributed by atoms with E-state index >= 15 is 0 Å². The number of likely N-dealkylation sites (tertiary alicyclic amines) is 2. The molecule has 12 rings (SSSR count). The fourth-order valence-corrected chi connectivity index (χ4v) is 13.9. The molecule has 83 heavy (non-hydrogen) atoms. The predicted octanol–water partition coefficient (Wildman–Crippen LogP) is 9.21. The van der Waals surface area contributed by atoms with Gasteiger partial charge in [-0.3, -0.25) is 34.3 Å². The van der Waals surface area contributed by atoms with E-state index in [2.05, 4.69) is 56.4 Å². The molecule has 0 bridgehead atoms. The Hall–Kier alpha value is -6.31. The highest BCUT2D eigenvalue weighted by molar-refractivity contribution is 6.31. The first-order chi connectivity index (χ1) is 39.9. The quantitative estimate of drug-likeness (QED) is 0.155. The zero-order chi connectivity index (χ0) is 58.1. The van der Waals surface area contributed by atoms with Crippen LogP contribution in [0.15, 0.2) is 86.0 Å². The summed E-state index contributed by atoms with van der Waals surface area (Å²) in [7, 11) is 0. The van der Waals surface area contributed by atoms with Crippen LogP contribution in [0.25, 0.3) is 0 Å². The molecule has 16 nitrogen and oxygen atoms in total. The minimum atomic E-state index is -0.745. The Morgan fingerprint density at radius 1 is 0.627 bits per heavy atom. The Balaban J connectivity index is 0.000000176. The van der Waals surface area contributed by atoms with Crippen molar-refractivity contribution in [1.82, 2.24) is 58.9 Å². The van der Waals surface area contributed by atoms with Crippen molar-refractivity contribution in [3.63, 3.8) is 0 Å². The number of rotatable bonds is 8. The fraction of sp³-hybridized carbons (Fsp3) is 0.508. The summed E-state index contributed by atoms with van der Waals surface area (Å²) in [5.74, 6) is 0.115. The van der Waals surface area contributed by atoms with Gasteiger partial charge in [0.1, 0.15) is 23.3 Å². The minimum absolute atomic E-state index is 0.0747. The van der Waals surface area contributed by atoms with Crippen molar-refractivity contribution in [3.05, 3.63) is 164 Å². The number of piperazine rings is 2. The summed E-state index contributed by atoms with van der Waals surface area (Å²) in [4.78, 5) is 69.8. The molecule has 20 heteroatoms. The van der Waals surface area contributed by atoms with E-state index in [1.54, 1.807) is 17.0 Å². The highest BCUT2D eigenvalue weighted by atomic mass is 35.5. The second-order valence-electron chi connectivity index (χ2n) is 24.6. The second-order valence-corrected chi connectivity index (χ2v) is 25.5. The summed E-state index contributed by atoms with van der Waals surface area (Å²) in [6, 6.07) is 13.6. The molecule has 4 aliphatic heterocycles. The van der Waals surface area contributed by atoms with Crippen LogP contribution in [0.3, 0.4) is 0 Å². The summed E-state index contributed by atoms with van der Waals surface area (Å²) in [6.07, 6.45) is 16.8. The van der Waals surface area contributed by atoms with Crippen LogP contribution in [0.5, 0.6) is 0 Å². The number of carbonyl (C=O) groups excluding carboxylic acids is 3. The summed E-state index contributed by atoms with van der Waals surface area (Å²) in [6.45, 7) is 17.1. The third-order valence-corrected chi connectivity index (χ3v) is 17.7. The molecule has 6 atom stereocenters. The van der Waals surface area contributed by atoms with Crippen molar-refractivity contribution in [2.75, 3.05) is 65.4 Å². The zero-order valence-corrected chi connectivity index (χ0v) is 49.8. The first-order valence-electron chi connectivity index (χ1n) is 29.5. The number of imidazole rings is 2. The van der Waals surface area contributed by atoms with Gasteiger partial charge in [-0.05, 0) is 168 Å². The topological polar surface area (TPSA) is 150 Å². The van der Waals surface area contributed by atoms with Crippen molar-refractivity contribution < 1.29 is 27.9 Å². The normalized spacial score (nSPS) is 23.1. The molecule has 2 aliphatic carbocycles. The number of ether oxygens (including phenoxy) is 1. The number of aryl methyl sites for hydroxylation is 6. The second kappa shape index (κ2) is 25.1. The maximum absolute atomic E-state index is 14.5. The van der Waals surface area contributed by atoms with Gasteiger partial charge in [0.15, 0.2) is 0 Å². The lowest BCUT2D eigenvalue weighted by Gasteiger charge is -2.46. The summed E-state index contributed by atoms with van der Waals surface area (Å²) >= 11 is 12.8. The van der Waals surface area contributed by atoms with E-state index in [1.165, 1.54) is 12.4 Å². The molecular formula is C63H76Cl2F2N12O4. The number of halogens is 4. The number of hydrogen-bond acceptors (Lipinski definition) is 11. The molecule has 0 radical (unpaired) electrons. The average molecular weight is 1170 g/mol. The Morgan fingerprint density at radius 3 is 1.64 bits per heavy atom. The Labute approximate surface area is 495 Å². The van der Waals surface area contributed by atoms with Gasteiger partial charge in [0.25, 0.3) is 0 Å². The van der Waals surface area contributed by atoms with Gasteiger partial charge in [0.05, 0.1) is 65.9 Å². The number of hydrogen-bond donors (Lipinski definition) is 1. The first-order valence-corrected chi connectivity index (χ1v) is 30.3. The molecule has 0 spiro atoms. The number of fused-ring (bicyclic) bond motifs is 4. The van der Waals surface area contributed by atoms with Gasteiger partial charge in [-0.2, -0.15) is 0 Å². The van der Waals surface area contributed by atoms with E-state index in [-0.39, 0.29) is 47.5 Å². The van der Waals surface area contributed by atoms with Gasteiger partial charge < -0.3 is 29.0 Å². The van der Waals surface area contributed by atoms with Crippen LogP contribution >= 0.6 is 23.2 Å². The number of aromatic nitrogens is 6. The highest BCUT2D eigenvalue weighted by Gasteiger charge is 2.44. The molecule has 440 valence electrons.